The van der Waals surface area contributed by atoms with Crippen LogP contribution >= 0.6 is 0 Å². The highest BCUT2D eigenvalue weighted by Gasteiger charge is 2.40. The Kier molecular flexibility index (Phi) is 6.41. The molecule has 2 atom stereocenters. The van der Waals surface area contributed by atoms with Crippen molar-refractivity contribution >= 4 is 11.4 Å². The number of ether oxygens (including phenoxy) is 3. The molecular weight excluding hydrogens is 449 g/mol. The number of alkyl halides is 3. The molecule has 0 radical (unpaired) electrons. The summed E-state index contributed by atoms with van der Waals surface area (Å²) in [5.41, 5.74) is 3.54. The number of benzene rings is 2. The highest BCUT2D eigenvalue weighted by atomic mass is 19.4. The fourth-order valence-corrected chi connectivity index (χ4v) is 4.08. The first-order valence-corrected chi connectivity index (χ1v) is 10.6. The van der Waals surface area contributed by atoms with E-state index in [0.717, 1.165) is 28.4 Å². The average Bonchev–Trinajstić information content (AvgIpc) is 3.12. The number of hydrogen-bond donors (Lipinski definition) is 1. The van der Waals surface area contributed by atoms with Crippen molar-refractivity contribution in [2.45, 2.75) is 38.8 Å². The Morgan fingerprint density at radius 1 is 1.00 bits per heavy atom. The van der Waals surface area contributed by atoms with Gasteiger partial charge in [-0.15, -0.1) is 13.2 Å². The van der Waals surface area contributed by atoms with E-state index in [1.54, 1.807) is 26.4 Å². The van der Waals surface area contributed by atoms with E-state index in [0.29, 0.717) is 18.0 Å². The molecule has 10 heteroatoms. The standard InChI is InChI=1S/C24H25F3N4O3/c1-14-11-21(28-13-16-5-8-18(9-6-16)34-24(25,26)27)31-23(29-14)22(15(2)30-31)17-7-10-19(32-3)20(12-17)33-4/h5-12,22-23,28H,13H2,1-4H3. The summed E-state index contributed by atoms with van der Waals surface area (Å²) in [4.78, 5) is 4.82. The van der Waals surface area contributed by atoms with Crippen molar-refractivity contribution < 1.29 is 27.4 Å². The minimum absolute atomic E-state index is 0.0842. The molecule has 7 nitrogen and oxygen atoms in total. The van der Waals surface area contributed by atoms with E-state index in [1.165, 1.54) is 12.1 Å². The van der Waals surface area contributed by atoms with Gasteiger partial charge in [-0.25, -0.2) is 5.01 Å². The predicted molar refractivity (Wildman–Crippen MR) is 122 cm³/mol. The van der Waals surface area contributed by atoms with Crippen molar-refractivity contribution in [1.29, 1.82) is 0 Å². The van der Waals surface area contributed by atoms with E-state index in [1.807, 2.05) is 43.1 Å². The Balaban J connectivity index is 1.50. The Labute approximate surface area is 195 Å². The molecular formula is C24H25F3N4O3. The number of fused-ring (bicyclic) bond motifs is 1. The van der Waals surface area contributed by atoms with E-state index in [4.69, 9.17) is 19.6 Å². The number of halogens is 3. The zero-order chi connectivity index (χ0) is 24.5. The van der Waals surface area contributed by atoms with E-state index < -0.39 is 6.36 Å². The largest absolute Gasteiger partial charge is 0.573 e. The Bertz CT molecular complexity index is 1140. The molecule has 0 saturated heterocycles. The molecule has 2 aromatic carbocycles. The second kappa shape index (κ2) is 9.28. The van der Waals surface area contributed by atoms with Crippen molar-refractivity contribution in [3.05, 3.63) is 65.5 Å². The third-order valence-corrected chi connectivity index (χ3v) is 5.59. The second-order valence-corrected chi connectivity index (χ2v) is 7.94. The molecule has 1 N–H and O–H groups in total. The molecule has 2 aromatic rings. The van der Waals surface area contributed by atoms with Crippen LogP contribution in [0, 0.1) is 0 Å². The minimum Gasteiger partial charge on any atom is -0.493 e. The highest BCUT2D eigenvalue weighted by molar-refractivity contribution is 5.97. The molecule has 0 aliphatic carbocycles. The first-order valence-electron chi connectivity index (χ1n) is 10.6. The molecule has 0 fully saturated rings. The Morgan fingerprint density at radius 3 is 2.35 bits per heavy atom. The number of rotatable bonds is 7. The van der Waals surface area contributed by atoms with Gasteiger partial charge in [0.1, 0.15) is 11.6 Å². The molecule has 0 bridgehead atoms. The van der Waals surface area contributed by atoms with Gasteiger partial charge >= 0.3 is 6.36 Å². The third-order valence-electron chi connectivity index (χ3n) is 5.59. The SMILES string of the molecule is COc1ccc(C2C(C)=NN3C(NCc4ccc(OC(F)(F)F)cc4)=CC(C)=NC23)cc1OC. The van der Waals surface area contributed by atoms with Crippen molar-refractivity contribution in [1.82, 2.24) is 10.3 Å². The van der Waals surface area contributed by atoms with Crippen LogP contribution in [0.2, 0.25) is 0 Å². The molecule has 180 valence electrons. The summed E-state index contributed by atoms with van der Waals surface area (Å²) >= 11 is 0. The lowest BCUT2D eigenvalue weighted by molar-refractivity contribution is -0.274. The van der Waals surface area contributed by atoms with Gasteiger partial charge in [-0.2, -0.15) is 5.10 Å². The maximum absolute atomic E-state index is 12.4. The van der Waals surface area contributed by atoms with Gasteiger partial charge in [-0.1, -0.05) is 18.2 Å². The third kappa shape index (κ3) is 4.95. The van der Waals surface area contributed by atoms with E-state index in [9.17, 15) is 13.2 Å². The molecule has 2 aliphatic rings. The molecule has 0 amide bonds. The number of allylic oxidation sites excluding steroid dienone is 1. The second-order valence-electron chi connectivity index (χ2n) is 7.94. The maximum Gasteiger partial charge on any atom is 0.573 e. The first-order chi connectivity index (χ1) is 16.2. The minimum atomic E-state index is -4.71. The van der Waals surface area contributed by atoms with Gasteiger partial charge in [-0.05, 0) is 49.2 Å². The number of hydrazone groups is 1. The topological polar surface area (TPSA) is 67.7 Å². The van der Waals surface area contributed by atoms with Crippen molar-refractivity contribution in [3.8, 4) is 17.2 Å². The van der Waals surface area contributed by atoms with Gasteiger partial charge in [0.15, 0.2) is 17.7 Å². The zero-order valence-corrected chi connectivity index (χ0v) is 19.2. The van der Waals surface area contributed by atoms with Crippen molar-refractivity contribution in [2.24, 2.45) is 10.1 Å². The summed E-state index contributed by atoms with van der Waals surface area (Å²) in [6.07, 6.45) is -3.09. The summed E-state index contributed by atoms with van der Waals surface area (Å²) in [6, 6.07) is 11.5. The molecule has 0 aromatic heterocycles. The van der Waals surface area contributed by atoms with Gasteiger partial charge < -0.3 is 19.5 Å². The summed E-state index contributed by atoms with van der Waals surface area (Å²) in [5.74, 6) is 1.70. The van der Waals surface area contributed by atoms with Crippen molar-refractivity contribution in [3.63, 3.8) is 0 Å². The van der Waals surface area contributed by atoms with Crippen LogP contribution in [0.25, 0.3) is 0 Å². The number of nitrogens with zero attached hydrogens (tertiary/aromatic N) is 3. The lowest BCUT2D eigenvalue weighted by Gasteiger charge is -2.31. The number of hydrogen-bond acceptors (Lipinski definition) is 7. The molecule has 2 aliphatic heterocycles. The van der Waals surface area contributed by atoms with Crippen LogP contribution in [0.3, 0.4) is 0 Å². The number of aliphatic imine (C=N–C) groups is 1. The predicted octanol–water partition coefficient (Wildman–Crippen LogP) is 4.81. The van der Waals surface area contributed by atoms with Crippen LogP contribution < -0.4 is 19.5 Å². The molecule has 2 heterocycles. The van der Waals surface area contributed by atoms with Crippen LogP contribution in [0.5, 0.6) is 17.2 Å². The smallest absolute Gasteiger partial charge is 0.493 e. The molecule has 34 heavy (non-hydrogen) atoms. The lowest BCUT2D eigenvalue weighted by Crippen LogP contribution is -2.38. The van der Waals surface area contributed by atoms with Gasteiger partial charge in [0.25, 0.3) is 0 Å². The maximum atomic E-state index is 12.4. The van der Waals surface area contributed by atoms with Crippen LogP contribution in [-0.2, 0) is 6.54 Å². The zero-order valence-electron chi connectivity index (χ0n) is 19.2. The van der Waals surface area contributed by atoms with Crippen LogP contribution in [0.1, 0.15) is 30.9 Å². The quantitative estimate of drug-likeness (QED) is 0.624. The van der Waals surface area contributed by atoms with Gasteiger partial charge in [0.05, 0.1) is 20.1 Å². The monoisotopic (exact) mass is 474 g/mol. The number of nitrogens with one attached hydrogen (secondary N) is 1. The van der Waals surface area contributed by atoms with Crippen LogP contribution in [-0.4, -0.2) is 43.2 Å². The fourth-order valence-electron chi connectivity index (χ4n) is 4.08. The van der Waals surface area contributed by atoms with E-state index >= 15 is 0 Å². The van der Waals surface area contributed by atoms with E-state index in [-0.39, 0.29) is 17.8 Å². The van der Waals surface area contributed by atoms with E-state index in [2.05, 4.69) is 10.1 Å². The fraction of sp³-hybridized carbons (Fsp3) is 0.333. The molecule has 0 saturated carbocycles. The normalized spacial score (nSPS) is 19.6. The summed E-state index contributed by atoms with van der Waals surface area (Å²) < 4.78 is 51.9. The summed E-state index contributed by atoms with van der Waals surface area (Å²) in [5, 5.41) is 9.91. The van der Waals surface area contributed by atoms with Crippen LogP contribution in [0.4, 0.5) is 13.2 Å². The summed E-state index contributed by atoms with van der Waals surface area (Å²) in [7, 11) is 3.19. The number of methoxy groups -OCH3 is 2. The van der Waals surface area contributed by atoms with Crippen molar-refractivity contribution in [2.75, 3.05) is 14.2 Å². The highest BCUT2D eigenvalue weighted by Crippen LogP contribution is 2.39. The molecule has 4 rings (SSSR count). The molecule has 2 unspecified atom stereocenters. The van der Waals surface area contributed by atoms with Gasteiger partial charge in [0, 0.05) is 24.0 Å². The Morgan fingerprint density at radius 2 is 1.71 bits per heavy atom. The van der Waals surface area contributed by atoms with Gasteiger partial charge in [0.2, 0.25) is 0 Å². The first kappa shape index (κ1) is 23.5. The summed E-state index contributed by atoms with van der Waals surface area (Å²) in [6.45, 7) is 4.27. The lowest BCUT2D eigenvalue weighted by atomic mass is 9.92. The Hall–Kier alpha value is -3.69. The van der Waals surface area contributed by atoms with Crippen LogP contribution in [0.15, 0.2) is 64.5 Å². The van der Waals surface area contributed by atoms with Gasteiger partial charge in [-0.3, -0.25) is 4.99 Å². The molecule has 0 spiro atoms. The average molecular weight is 474 g/mol.